The van der Waals surface area contributed by atoms with Crippen LogP contribution in [-0.4, -0.2) is 27.5 Å². The number of hydrogen-bond acceptors (Lipinski definition) is 5. The Bertz CT molecular complexity index is 911. The van der Waals surface area contributed by atoms with E-state index in [-0.39, 0.29) is 18.0 Å². The van der Waals surface area contributed by atoms with Crippen molar-refractivity contribution in [2.45, 2.75) is 116 Å². The molecule has 0 bridgehead atoms. The Morgan fingerprint density at radius 1 is 0.806 bits per heavy atom. The van der Waals surface area contributed by atoms with Crippen molar-refractivity contribution >= 4 is 5.97 Å². The lowest BCUT2D eigenvalue weighted by Gasteiger charge is -2.09. The number of esters is 1. The van der Waals surface area contributed by atoms with Crippen LogP contribution in [0.3, 0.4) is 0 Å². The van der Waals surface area contributed by atoms with E-state index in [4.69, 9.17) is 4.74 Å². The predicted molar refractivity (Wildman–Crippen MR) is 146 cm³/mol. The molecule has 2 rings (SSSR count). The van der Waals surface area contributed by atoms with Gasteiger partial charge in [-0.2, -0.15) is 5.10 Å². The molecule has 0 spiro atoms. The highest BCUT2D eigenvalue weighted by Crippen LogP contribution is 2.24. The highest BCUT2D eigenvalue weighted by Gasteiger charge is 2.13. The molecule has 0 radical (unpaired) electrons. The largest absolute Gasteiger partial charge is 0.505 e. The van der Waals surface area contributed by atoms with Crippen LogP contribution in [-0.2, 0) is 16.1 Å². The zero-order valence-electron chi connectivity index (χ0n) is 22.3. The lowest BCUT2D eigenvalue weighted by Crippen LogP contribution is -2.27. The molecule has 1 aromatic carbocycles. The molecule has 0 aliphatic carbocycles. The van der Waals surface area contributed by atoms with Gasteiger partial charge < -0.3 is 9.84 Å². The minimum Gasteiger partial charge on any atom is -0.505 e. The Hall–Kier alpha value is -2.63. The van der Waals surface area contributed by atoms with Crippen LogP contribution in [0.15, 0.2) is 41.2 Å². The molecule has 6 heteroatoms. The average molecular weight is 499 g/mol. The number of rotatable bonds is 20. The van der Waals surface area contributed by atoms with Crippen LogP contribution in [0.2, 0.25) is 0 Å². The van der Waals surface area contributed by atoms with Gasteiger partial charge in [-0.3, -0.25) is 9.59 Å². The molecule has 0 saturated carbocycles. The van der Waals surface area contributed by atoms with Gasteiger partial charge in [-0.15, -0.1) is 0 Å². The normalized spacial score (nSPS) is 11.0. The zero-order chi connectivity index (χ0) is 25.8. The maximum Gasteiger partial charge on any atom is 0.327 e. The number of aromatic hydroxyl groups is 1. The standard InChI is InChI=1S/C30H46N2O4/c1-2-3-4-5-6-7-8-9-10-11-12-13-14-15-16-20-23-36-29(35)25-32-28(34)24-27(33)30(31-32)26-21-18-17-19-22-26/h17-19,21-22,24,33H,2-16,20,23,25H2,1H3. The van der Waals surface area contributed by atoms with E-state index in [0.29, 0.717) is 12.2 Å². The maximum atomic E-state index is 12.2. The number of nitrogens with zero attached hydrogens (tertiary/aromatic N) is 2. The van der Waals surface area contributed by atoms with E-state index < -0.39 is 11.5 Å². The number of unbranched alkanes of at least 4 members (excludes halogenated alkanes) is 15. The zero-order valence-corrected chi connectivity index (χ0v) is 22.3. The van der Waals surface area contributed by atoms with Gasteiger partial charge in [0, 0.05) is 11.6 Å². The van der Waals surface area contributed by atoms with Crippen LogP contribution in [0, 0.1) is 0 Å². The number of carbonyl (C=O) groups is 1. The quantitative estimate of drug-likeness (QED) is 0.152. The summed E-state index contributed by atoms with van der Waals surface area (Å²) >= 11 is 0. The number of carbonyl (C=O) groups excluding carboxylic acids is 1. The SMILES string of the molecule is CCCCCCCCCCCCCCCCCCOC(=O)Cn1nc(-c2ccccc2)c(O)cc1=O. The van der Waals surface area contributed by atoms with Crippen molar-refractivity contribution in [2.24, 2.45) is 0 Å². The lowest BCUT2D eigenvalue weighted by atomic mass is 10.0. The van der Waals surface area contributed by atoms with Crippen molar-refractivity contribution in [3.05, 3.63) is 46.8 Å². The minimum absolute atomic E-state index is 0.205. The minimum atomic E-state index is -0.536. The second-order valence-corrected chi connectivity index (χ2v) is 9.76. The molecule has 2 aromatic rings. The molecule has 1 N–H and O–H groups in total. The fourth-order valence-electron chi connectivity index (χ4n) is 4.40. The van der Waals surface area contributed by atoms with E-state index in [0.717, 1.165) is 30.0 Å². The highest BCUT2D eigenvalue weighted by atomic mass is 16.5. The van der Waals surface area contributed by atoms with E-state index in [9.17, 15) is 14.7 Å². The van der Waals surface area contributed by atoms with Crippen LogP contribution in [0.1, 0.15) is 110 Å². The average Bonchev–Trinajstić information content (AvgIpc) is 2.88. The molecule has 0 unspecified atom stereocenters. The van der Waals surface area contributed by atoms with Crippen molar-refractivity contribution in [3.63, 3.8) is 0 Å². The highest BCUT2D eigenvalue weighted by molar-refractivity contribution is 5.69. The Morgan fingerprint density at radius 3 is 1.83 bits per heavy atom. The number of aromatic nitrogens is 2. The summed E-state index contributed by atoms with van der Waals surface area (Å²) in [5.41, 5.74) is 0.401. The summed E-state index contributed by atoms with van der Waals surface area (Å²) in [4.78, 5) is 24.3. The van der Waals surface area contributed by atoms with E-state index >= 15 is 0 Å². The van der Waals surface area contributed by atoms with Crippen molar-refractivity contribution in [1.29, 1.82) is 0 Å². The lowest BCUT2D eigenvalue weighted by molar-refractivity contribution is -0.144. The van der Waals surface area contributed by atoms with Crippen LogP contribution >= 0.6 is 0 Å². The summed E-state index contributed by atoms with van der Waals surface area (Å²) in [6.45, 7) is 2.36. The van der Waals surface area contributed by atoms with Crippen LogP contribution in [0.5, 0.6) is 5.75 Å². The van der Waals surface area contributed by atoms with Crippen LogP contribution in [0.4, 0.5) is 0 Å². The van der Waals surface area contributed by atoms with Gasteiger partial charge in [-0.05, 0) is 6.42 Å². The van der Waals surface area contributed by atoms with E-state index in [1.807, 2.05) is 18.2 Å². The molecule has 36 heavy (non-hydrogen) atoms. The first kappa shape index (κ1) is 29.6. The molecular formula is C30H46N2O4. The first-order valence-electron chi connectivity index (χ1n) is 14.1. The summed E-state index contributed by atoms with van der Waals surface area (Å²) < 4.78 is 6.33. The Morgan fingerprint density at radius 2 is 1.31 bits per heavy atom. The number of ether oxygens (including phenoxy) is 1. The first-order chi connectivity index (χ1) is 17.6. The van der Waals surface area contributed by atoms with E-state index in [1.165, 1.54) is 83.5 Å². The van der Waals surface area contributed by atoms with Gasteiger partial charge in [0.25, 0.3) is 5.56 Å². The van der Waals surface area contributed by atoms with Gasteiger partial charge in [0.1, 0.15) is 18.0 Å². The maximum absolute atomic E-state index is 12.2. The molecule has 6 nitrogen and oxygen atoms in total. The first-order valence-corrected chi connectivity index (χ1v) is 14.1. The van der Waals surface area contributed by atoms with Crippen LogP contribution in [0.25, 0.3) is 11.3 Å². The van der Waals surface area contributed by atoms with Crippen molar-refractivity contribution in [1.82, 2.24) is 9.78 Å². The number of hydrogen-bond donors (Lipinski definition) is 1. The topological polar surface area (TPSA) is 81.4 Å². The third kappa shape index (κ3) is 12.4. The van der Waals surface area contributed by atoms with Gasteiger partial charge in [-0.1, -0.05) is 134 Å². The molecule has 1 heterocycles. The predicted octanol–water partition coefficient (Wildman–Crippen LogP) is 7.42. The molecular weight excluding hydrogens is 452 g/mol. The molecule has 200 valence electrons. The summed E-state index contributed by atoms with van der Waals surface area (Å²) in [6, 6.07) is 10.1. The van der Waals surface area contributed by atoms with E-state index in [1.54, 1.807) is 12.1 Å². The fourth-order valence-corrected chi connectivity index (χ4v) is 4.40. The van der Waals surface area contributed by atoms with Gasteiger partial charge in [-0.25, -0.2) is 4.68 Å². The summed E-state index contributed by atoms with van der Waals surface area (Å²) in [6.07, 6.45) is 20.8. The Balaban J connectivity index is 1.48. The third-order valence-corrected chi connectivity index (χ3v) is 6.56. The second kappa shape index (κ2) is 18.6. The fraction of sp³-hybridized carbons (Fsp3) is 0.633. The third-order valence-electron chi connectivity index (χ3n) is 6.56. The van der Waals surface area contributed by atoms with Gasteiger partial charge in [0.15, 0.2) is 0 Å². The number of benzene rings is 1. The molecule has 0 saturated heterocycles. The summed E-state index contributed by atoms with van der Waals surface area (Å²) in [5.74, 6) is -0.695. The molecule has 0 aliphatic rings. The van der Waals surface area contributed by atoms with Crippen molar-refractivity contribution in [2.75, 3.05) is 6.61 Å². The smallest absolute Gasteiger partial charge is 0.327 e. The molecule has 1 aromatic heterocycles. The second-order valence-electron chi connectivity index (χ2n) is 9.76. The molecule has 0 aliphatic heterocycles. The van der Waals surface area contributed by atoms with Crippen LogP contribution < -0.4 is 5.56 Å². The van der Waals surface area contributed by atoms with Gasteiger partial charge in [0.2, 0.25) is 0 Å². The molecule has 0 fully saturated rings. The Kier molecular flexibility index (Phi) is 15.3. The van der Waals surface area contributed by atoms with Crippen molar-refractivity contribution < 1.29 is 14.6 Å². The Labute approximate surface area is 217 Å². The van der Waals surface area contributed by atoms with E-state index in [2.05, 4.69) is 12.0 Å². The van der Waals surface area contributed by atoms with Gasteiger partial charge in [0.05, 0.1) is 6.61 Å². The van der Waals surface area contributed by atoms with Crippen molar-refractivity contribution in [3.8, 4) is 17.0 Å². The monoisotopic (exact) mass is 498 g/mol. The molecule has 0 amide bonds. The summed E-state index contributed by atoms with van der Waals surface area (Å²) in [5, 5.41) is 14.2. The van der Waals surface area contributed by atoms with Gasteiger partial charge >= 0.3 is 5.97 Å². The molecule has 0 atom stereocenters. The summed E-state index contributed by atoms with van der Waals surface area (Å²) in [7, 11) is 0.